The van der Waals surface area contributed by atoms with Crippen molar-refractivity contribution in [3.05, 3.63) is 70.0 Å². The van der Waals surface area contributed by atoms with Gasteiger partial charge >= 0.3 is 6.01 Å². The van der Waals surface area contributed by atoms with E-state index in [1.807, 2.05) is 4.90 Å². The van der Waals surface area contributed by atoms with Crippen LogP contribution in [0.3, 0.4) is 0 Å². The number of fused-ring (bicyclic) bond motifs is 4. The minimum atomic E-state index is -1.68. The zero-order valence-electron chi connectivity index (χ0n) is 27.8. The van der Waals surface area contributed by atoms with Gasteiger partial charge in [-0.05, 0) is 68.0 Å². The van der Waals surface area contributed by atoms with Gasteiger partial charge in [0.1, 0.15) is 23.8 Å². The molecule has 0 amide bonds. The van der Waals surface area contributed by atoms with Crippen molar-refractivity contribution in [2.45, 2.75) is 56.7 Å². The second-order valence-corrected chi connectivity index (χ2v) is 14.3. The van der Waals surface area contributed by atoms with E-state index < -0.39 is 29.1 Å². The Morgan fingerprint density at radius 3 is 2.75 bits per heavy atom. The highest BCUT2D eigenvalue weighted by Gasteiger charge is 2.48. The summed E-state index contributed by atoms with van der Waals surface area (Å²) in [6.07, 6.45) is 6.93. The van der Waals surface area contributed by atoms with Crippen LogP contribution in [0.15, 0.2) is 36.4 Å². The summed E-state index contributed by atoms with van der Waals surface area (Å²) in [5.41, 5.74) is 5.55. The Bertz CT molecular complexity index is 2250. The number of anilines is 2. The lowest BCUT2D eigenvalue weighted by Crippen LogP contribution is -2.56. The second kappa shape index (κ2) is 12.4. The van der Waals surface area contributed by atoms with Gasteiger partial charge in [0.25, 0.3) is 6.08 Å². The Hall–Kier alpha value is -4.44. The fraction of sp³-hybridized carbons (Fsp3) is 0.368. The number of nitrogen functional groups attached to an aromatic ring is 1. The Balaban J connectivity index is 1.38. The molecule has 0 bridgehead atoms. The predicted molar refractivity (Wildman–Crippen MR) is 189 cm³/mol. The molecule has 0 aliphatic carbocycles. The molecule has 3 fully saturated rings. The van der Waals surface area contributed by atoms with Crippen LogP contribution in [0.5, 0.6) is 6.01 Å². The summed E-state index contributed by atoms with van der Waals surface area (Å²) < 4.78 is 81.7. The minimum absolute atomic E-state index is 0.0129. The molecule has 4 aliphatic heterocycles. The van der Waals surface area contributed by atoms with Gasteiger partial charge in [0.05, 0.1) is 27.2 Å². The van der Waals surface area contributed by atoms with Crippen molar-refractivity contribution >= 4 is 50.4 Å². The van der Waals surface area contributed by atoms with Crippen LogP contribution in [-0.2, 0) is 0 Å². The molecule has 264 valence electrons. The summed E-state index contributed by atoms with van der Waals surface area (Å²) in [6, 6.07) is 3.27. The van der Waals surface area contributed by atoms with Gasteiger partial charge in [-0.3, -0.25) is 4.90 Å². The van der Waals surface area contributed by atoms with Crippen LogP contribution < -0.4 is 20.7 Å². The molecule has 4 aliphatic rings. The number of nitrogens with zero attached hydrogens (tertiary/aromatic N) is 4. The molecule has 3 saturated heterocycles. The monoisotopic (exact) mass is 720 g/mol. The first-order valence-electron chi connectivity index (χ1n) is 16.9. The average Bonchev–Trinajstić information content (AvgIpc) is 3.64. The van der Waals surface area contributed by atoms with E-state index in [0.29, 0.717) is 54.8 Å². The zero-order chi connectivity index (χ0) is 35.9. The smallest absolute Gasteiger partial charge is 0.319 e. The predicted octanol–water partition coefficient (Wildman–Crippen LogP) is 7.83. The fourth-order valence-electron chi connectivity index (χ4n) is 8.56. The summed E-state index contributed by atoms with van der Waals surface area (Å²) in [4.78, 5) is 13.6. The molecule has 8 rings (SSSR count). The molecule has 13 heteroatoms. The maximum atomic E-state index is 17.5. The van der Waals surface area contributed by atoms with Crippen molar-refractivity contribution in [1.29, 1.82) is 0 Å². The first-order valence-corrected chi connectivity index (χ1v) is 17.3. The number of nitrogens with two attached hydrogens (primary N) is 1. The van der Waals surface area contributed by atoms with Crippen molar-refractivity contribution < 1.29 is 26.7 Å². The van der Waals surface area contributed by atoms with Gasteiger partial charge in [-0.15, -0.1) is 6.42 Å². The molecule has 7 nitrogen and oxygen atoms in total. The molecule has 4 aromatic rings. The number of nitrogens with one attached hydrogen (secondary N) is 1. The van der Waals surface area contributed by atoms with Crippen LogP contribution in [0.4, 0.5) is 33.5 Å². The van der Waals surface area contributed by atoms with Crippen LogP contribution in [0.25, 0.3) is 38.4 Å². The van der Waals surface area contributed by atoms with Crippen LogP contribution in [0.1, 0.15) is 50.2 Å². The lowest BCUT2D eigenvalue weighted by Gasteiger charge is -2.40. The van der Waals surface area contributed by atoms with Crippen LogP contribution >= 0.6 is 11.6 Å². The molecular weight excluding hydrogens is 687 g/mol. The molecule has 0 radical (unpaired) electrons. The molecule has 3 aromatic carbocycles. The van der Waals surface area contributed by atoms with Gasteiger partial charge in [0.2, 0.25) is 0 Å². The molecule has 1 aromatic heterocycles. The number of hydrogen-bond donors (Lipinski definition) is 2. The zero-order valence-corrected chi connectivity index (χ0v) is 28.5. The quantitative estimate of drug-likeness (QED) is 0.124. The van der Waals surface area contributed by atoms with Gasteiger partial charge in [-0.1, -0.05) is 31.0 Å². The van der Waals surface area contributed by atoms with Gasteiger partial charge < -0.3 is 20.7 Å². The van der Waals surface area contributed by atoms with Gasteiger partial charge in [-0.2, -0.15) is 18.7 Å². The van der Waals surface area contributed by atoms with E-state index in [0.717, 1.165) is 18.9 Å². The topological polar surface area (TPSA) is 79.5 Å². The number of terminal acetylenes is 1. The van der Waals surface area contributed by atoms with Crippen LogP contribution in [-0.4, -0.2) is 65.3 Å². The molecule has 3 atom stereocenters. The van der Waals surface area contributed by atoms with Crippen molar-refractivity contribution in [3.63, 3.8) is 0 Å². The number of rotatable bonds is 5. The summed E-state index contributed by atoms with van der Waals surface area (Å²) in [5.74, 6) is 0.154. The van der Waals surface area contributed by atoms with Crippen molar-refractivity contribution in [2.75, 3.05) is 43.4 Å². The number of piperazine rings is 1. The van der Waals surface area contributed by atoms with E-state index in [1.54, 1.807) is 0 Å². The SMILES string of the molecule is C#Cc1c(F)ccc2c(F)c(N)cc(-c3c(Cl)c4c5c(nc(OCC67CCCN6CC(=C(F)F)C7)nc5c3F)N3C[C@@H](CC)NC[C@H]3CC4=C)c12. The fourth-order valence-corrected chi connectivity index (χ4v) is 8.98. The maximum absolute atomic E-state index is 17.5. The molecule has 0 saturated carbocycles. The summed E-state index contributed by atoms with van der Waals surface area (Å²) in [6.45, 7) is 8.40. The summed E-state index contributed by atoms with van der Waals surface area (Å²) in [7, 11) is 0. The van der Waals surface area contributed by atoms with Gasteiger partial charge in [-0.25, -0.2) is 13.2 Å². The van der Waals surface area contributed by atoms with Crippen molar-refractivity contribution in [3.8, 4) is 29.5 Å². The number of hydrogen-bond acceptors (Lipinski definition) is 7. The number of benzene rings is 3. The Morgan fingerprint density at radius 2 is 2.00 bits per heavy atom. The largest absolute Gasteiger partial charge is 0.461 e. The molecule has 51 heavy (non-hydrogen) atoms. The minimum Gasteiger partial charge on any atom is -0.461 e. The lowest BCUT2D eigenvalue weighted by atomic mass is 9.89. The van der Waals surface area contributed by atoms with Crippen LogP contribution in [0.2, 0.25) is 5.02 Å². The van der Waals surface area contributed by atoms with Gasteiger partial charge in [0.15, 0.2) is 11.6 Å². The highest BCUT2D eigenvalue weighted by Crippen LogP contribution is 2.50. The van der Waals surface area contributed by atoms with E-state index in [4.69, 9.17) is 33.5 Å². The Labute approximate surface area is 296 Å². The maximum Gasteiger partial charge on any atom is 0.319 e. The lowest BCUT2D eigenvalue weighted by molar-refractivity contribution is 0.108. The molecule has 1 unspecified atom stereocenters. The first kappa shape index (κ1) is 33.7. The van der Waals surface area contributed by atoms with E-state index in [-0.39, 0.29) is 86.9 Å². The summed E-state index contributed by atoms with van der Waals surface area (Å²) >= 11 is 7.20. The number of halogens is 6. The third-order valence-corrected chi connectivity index (χ3v) is 11.5. The van der Waals surface area contributed by atoms with E-state index in [2.05, 4.69) is 34.6 Å². The second-order valence-electron chi connectivity index (χ2n) is 14.0. The number of ether oxygens (including phenoxy) is 1. The molecule has 5 heterocycles. The van der Waals surface area contributed by atoms with Gasteiger partial charge in [0, 0.05) is 59.2 Å². The standard InChI is InChI=1S/C38H34ClF5N6O/c1-4-20-16-50-21(14-46-20)11-18(3)27-30-34(47-37(48-36(30)50)51-17-38-9-6-10-49(38)15-19(13-38)35(43)44)33(42)29(31(27)39)24-12-26(45)32(41)23-7-8-25(40)22(5-2)28(23)24/h2,7-8,12,20-21,46H,3-4,6,9-11,13-17,45H2,1H3/t20-,21-,38?/m1/s1. The normalized spacial score (nSPS) is 23.1. The van der Waals surface area contributed by atoms with Crippen molar-refractivity contribution in [2.24, 2.45) is 0 Å². The van der Waals surface area contributed by atoms with E-state index in [1.165, 1.54) is 12.1 Å². The Morgan fingerprint density at radius 1 is 1.20 bits per heavy atom. The van der Waals surface area contributed by atoms with E-state index in [9.17, 15) is 8.78 Å². The third kappa shape index (κ3) is 5.15. The molecule has 0 spiro atoms. The molecule has 3 N–H and O–H groups in total. The summed E-state index contributed by atoms with van der Waals surface area (Å²) in [5, 5.41) is 3.66. The van der Waals surface area contributed by atoms with E-state index >= 15 is 13.2 Å². The highest BCUT2D eigenvalue weighted by atomic mass is 35.5. The van der Waals surface area contributed by atoms with Crippen LogP contribution in [0, 0.1) is 29.8 Å². The van der Waals surface area contributed by atoms with Crippen molar-refractivity contribution in [1.82, 2.24) is 20.2 Å². The Kier molecular flexibility index (Phi) is 8.16. The number of aromatic nitrogens is 2. The molecular formula is C38H34ClF5N6O. The first-order chi connectivity index (χ1) is 24.5. The average molecular weight is 721 g/mol. The highest BCUT2D eigenvalue weighted by molar-refractivity contribution is 6.37. The third-order valence-electron chi connectivity index (χ3n) is 11.1.